The zero-order chi connectivity index (χ0) is 12.0. The van der Waals surface area contributed by atoms with E-state index in [1.807, 2.05) is 24.3 Å². The highest BCUT2D eigenvalue weighted by Gasteiger charge is 2.06. The molecule has 0 bridgehead atoms. The number of aliphatic hydroxyl groups is 1. The molecule has 1 unspecified atom stereocenters. The summed E-state index contributed by atoms with van der Waals surface area (Å²) in [5.41, 5.74) is 2.06. The van der Waals surface area contributed by atoms with Gasteiger partial charge in [-0.15, -0.1) is 6.58 Å². The first-order valence-electron chi connectivity index (χ1n) is 5.47. The van der Waals surface area contributed by atoms with E-state index in [0.717, 1.165) is 17.8 Å². The predicted octanol–water partition coefficient (Wildman–Crippen LogP) is 3.01. The van der Waals surface area contributed by atoms with Gasteiger partial charge in [0, 0.05) is 12.2 Å². The second kappa shape index (κ2) is 6.61. The van der Waals surface area contributed by atoms with Gasteiger partial charge in [0.1, 0.15) is 0 Å². The number of nitrogens with zero attached hydrogens (tertiary/aromatic N) is 1. The van der Waals surface area contributed by atoms with Crippen LogP contribution < -0.4 is 4.90 Å². The molecular weight excluding hydrogens is 218 g/mol. The van der Waals surface area contributed by atoms with E-state index in [1.54, 1.807) is 6.08 Å². The Labute approximate surface area is 103 Å². The third-order valence-electron chi connectivity index (χ3n) is 2.59. The maximum absolute atomic E-state index is 9.76. The molecule has 0 radical (unpaired) electrons. The van der Waals surface area contributed by atoms with Crippen molar-refractivity contribution < 1.29 is 5.11 Å². The largest absolute Gasteiger partial charge is 0.388 e. The molecule has 0 aliphatic heterocycles. The molecule has 2 nitrogen and oxygen atoms in total. The van der Waals surface area contributed by atoms with Gasteiger partial charge in [0.05, 0.1) is 12.0 Å². The molecule has 1 atom stereocenters. The Morgan fingerprint density at radius 2 is 2.06 bits per heavy atom. The maximum Gasteiger partial charge on any atom is 0.0824 e. The number of hydrogen-bond acceptors (Lipinski definition) is 3. The van der Waals surface area contributed by atoms with Crippen LogP contribution in [0, 0.1) is 0 Å². The topological polar surface area (TPSA) is 23.5 Å². The van der Waals surface area contributed by atoms with Crippen LogP contribution in [0.3, 0.4) is 0 Å². The summed E-state index contributed by atoms with van der Waals surface area (Å²) in [5, 5.41) is 9.76. The first-order valence-corrected chi connectivity index (χ1v) is 6.10. The summed E-state index contributed by atoms with van der Waals surface area (Å²) < 4.78 is 0. The summed E-state index contributed by atoms with van der Waals surface area (Å²) in [5.74, 6) is 0.699. The second-order valence-electron chi connectivity index (χ2n) is 3.63. The van der Waals surface area contributed by atoms with Gasteiger partial charge in [-0.05, 0) is 31.0 Å². The summed E-state index contributed by atoms with van der Waals surface area (Å²) in [7, 11) is 0. The zero-order valence-electron chi connectivity index (χ0n) is 9.63. The smallest absolute Gasteiger partial charge is 0.0824 e. The first kappa shape index (κ1) is 13.1. The lowest BCUT2D eigenvalue weighted by Crippen LogP contribution is -2.20. The normalized spacial score (nSPS) is 12.2. The summed E-state index contributed by atoms with van der Waals surface area (Å²) >= 11 is 4.27. The average molecular weight is 237 g/mol. The fraction of sp³-hybridized carbons (Fsp3) is 0.385. The molecule has 1 rings (SSSR count). The van der Waals surface area contributed by atoms with E-state index in [4.69, 9.17) is 0 Å². The van der Waals surface area contributed by atoms with Crippen molar-refractivity contribution in [3.63, 3.8) is 0 Å². The molecule has 1 N–H and O–H groups in total. The highest BCUT2D eigenvalue weighted by Crippen LogP contribution is 2.21. The average Bonchev–Trinajstić information content (AvgIpc) is 2.32. The van der Waals surface area contributed by atoms with Gasteiger partial charge < -0.3 is 10.0 Å². The van der Waals surface area contributed by atoms with Crippen molar-refractivity contribution in [3.8, 4) is 0 Å². The van der Waals surface area contributed by atoms with Crippen molar-refractivity contribution in [2.75, 3.05) is 17.3 Å². The molecule has 3 heteroatoms. The lowest BCUT2D eigenvalue weighted by Gasteiger charge is -2.21. The molecule has 0 fully saturated rings. The molecule has 0 aliphatic carbocycles. The Bertz CT molecular complexity index is 319. The standard InChI is InChI=1S/C13H19NOS/c1-3-5-13(15)11-6-8-12(9-7-11)14(4-2)10-16/h3,6-9,13,15-16H,1,4-5,10H2,2H3. The molecule has 0 aliphatic rings. The third kappa shape index (κ3) is 3.29. The number of thiol groups is 1. The zero-order valence-corrected chi connectivity index (χ0v) is 10.5. The summed E-state index contributed by atoms with van der Waals surface area (Å²) in [4.78, 5) is 2.15. The minimum Gasteiger partial charge on any atom is -0.388 e. The van der Waals surface area contributed by atoms with Gasteiger partial charge >= 0.3 is 0 Å². The van der Waals surface area contributed by atoms with Crippen LogP contribution in [-0.2, 0) is 0 Å². The molecule has 0 amide bonds. The van der Waals surface area contributed by atoms with Crippen LogP contribution in [0.25, 0.3) is 0 Å². The fourth-order valence-electron chi connectivity index (χ4n) is 1.57. The van der Waals surface area contributed by atoms with Crippen LogP contribution in [-0.4, -0.2) is 17.5 Å². The van der Waals surface area contributed by atoms with Crippen LogP contribution in [0.5, 0.6) is 0 Å². The van der Waals surface area contributed by atoms with E-state index < -0.39 is 6.10 Å². The Morgan fingerprint density at radius 1 is 1.44 bits per heavy atom. The van der Waals surface area contributed by atoms with E-state index in [1.165, 1.54) is 0 Å². The molecule has 1 aromatic rings. The SMILES string of the molecule is C=CCC(O)c1ccc(N(CC)CS)cc1. The molecule has 0 saturated heterocycles. The lowest BCUT2D eigenvalue weighted by atomic mass is 10.1. The Morgan fingerprint density at radius 3 is 2.50 bits per heavy atom. The number of rotatable bonds is 6. The van der Waals surface area contributed by atoms with E-state index >= 15 is 0 Å². The van der Waals surface area contributed by atoms with E-state index in [9.17, 15) is 5.11 Å². The molecule has 0 spiro atoms. The summed E-state index contributed by atoms with van der Waals surface area (Å²) in [6.45, 7) is 6.64. The van der Waals surface area contributed by atoms with E-state index in [-0.39, 0.29) is 0 Å². The Balaban J connectivity index is 2.77. The van der Waals surface area contributed by atoms with Crippen LogP contribution in [0.15, 0.2) is 36.9 Å². The fourth-order valence-corrected chi connectivity index (χ4v) is 1.93. The number of benzene rings is 1. The summed E-state index contributed by atoms with van der Waals surface area (Å²) in [6.07, 6.45) is 1.87. The minimum absolute atomic E-state index is 0.447. The van der Waals surface area contributed by atoms with Crippen molar-refractivity contribution in [2.45, 2.75) is 19.4 Å². The van der Waals surface area contributed by atoms with Crippen molar-refractivity contribution >= 4 is 18.3 Å². The van der Waals surface area contributed by atoms with Gasteiger partial charge in [0.15, 0.2) is 0 Å². The molecule has 0 aromatic heterocycles. The van der Waals surface area contributed by atoms with E-state index in [0.29, 0.717) is 12.3 Å². The van der Waals surface area contributed by atoms with Crippen LogP contribution in [0.2, 0.25) is 0 Å². The summed E-state index contributed by atoms with van der Waals surface area (Å²) in [6, 6.07) is 7.94. The van der Waals surface area contributed by atoms with Gasteiger partial charge in [-0.2, -0.15) is 12.6 Å². The predicted molar refractivity (Wildman–Crippen MR) is 73.1 cm³/mol. The number of hydrogen-bond donors (Lipinski definition) is 2. The van der Waals surface area contributed by atoms with Crippen LogP contribution in [0.1, 0.15) is 25.0 Å². The number of anilines is 1. The van der Waals surface area contributed by atoms with Gasteiger partial charge in [-0.25, -0.2) is 0 Å². The van der Waals surface area contributed by atoms with Gasteiger partial charge in [0.2, 0.25) is 0 Å². The molecule has 16 heavy (non-hydrogen) atoms. The lowest BCUT2D eigenvalue weighted by molar-refractivity contribution is 0.181. The highest BCUT2D eigenvalue weighted by atomic mass is 32.1. The number of aliphatic hydroxyl groups excluding tert-OH is 1. The van der Waals surface area contributed by atoms with Crippen molar-refractivity contribution in [1.29, 1.82) is 0 Å². The first-order chi connectivity index (χ1) is 7.72. The van der Waals surface area contributed by atoms with Crippen LogP contribution in [0.4, 0.5) is 5.69 Å². The van der Waals surface area contributed by atoms with Crippen molar-refractivity contribution in [1.82, 2.24) is 0 Å². The molecule has 1 aromatic carbocycles. The molecule has 88 valence electrons. The Kier molecular flexibility index (Phi) is 5.43. The van der Waals surface area contributed by atoms with E-state index in [2.05, 4.69) is 31.0 Å². The van der Waals surface area contributed by atoms with Gasteiger partial charge in [0.25, 0.3) is 0 Å². The molecule has 0 heterocycles. The monoisotopic (exact) mass is 237 g/mol. The highest BCUT2D eigenvalue weighted by molar-refractivity contribution is 7.80. The second-order valence-corrected chi connectivity index (χ2v) is 3.91. The minimum atomic E-state index is -0.447. The quantitative estimate of drug-likeness (QED) is 0.451. The molecular formula is C13H19NOS. The third-order valence-corrected chi connectivity index (χ3v) is 2.93. The van der Waals surface area contributed by atoms with Gasteiger partial charge in [-0.3, -0.25) is 0 Å². The Hall–Kier alpha value is -0.930. The van der Waals surface area contributed by atoms with Crippen molar-refractivity contribution in [3.05, 3.63) is 42.5 Å². The maximum atomic E-state index is 9.76. The van der Waals surface area contributed by atoms with Gasteiger partial charge in [-0.1, -0.05) is 18.2 Å². The van der Waals surface area contributed by atoms with Crippen molar-refractivity contribution in [2.24, 2.45) is 0 Å². The molecule has 0 saturated carbocycles. The van der Waals surface area contributed by atoms with Crippen LogP contribution >= 0.6 is 12.6 Å².